The lowest BCUT2D eigenvalue weighted by Crippen LogP contribution is -2.40. The summed E-state index contributed by atoms with van der Waals surface area (Å²) in [4.78, 5) is 15.7. The van der Waals surface area contributed by atoms with Crippen molar-refractivity contribution in [1.29, 1.82) is 0 Å². The molecule has 1 aliphatic heterocycles. The van der Waals surface area contributed by atoms with Gasteiger partial charge in [0.05, 0.1) is 12.0 Å². The Morgan fingerprint density at radius 1 is 1.37 bits per heavy atom. The number of nitrogens with two attached hydrogens (primary N) is 2. The Morgan fingerprint density at radius 3 is 2.60 bits per heavy atom. The van der Waals surface area contributed by atoms with Crippen LogP contribution in [-0.2, 0) is 24.3 Å². The van der Waals surface area contributed by atoms with Gasteiger partial charge in [0.1, 0.15) is 17.4 Å². The molecule has 0 aromatic carbocycles. The molecule has 0 amide bonds. The monoisotopic (exact) mass is 442 g/mol. The van der Waals surface area contributed by atoms with Gasteiger partial charge in [0.15, 0.2) is 0 Å². The van der Waals surface area contributed by atoms with Gasteiger partial charge in [-0.25, -0.2) is 13.1 Å². The molecule has 10 heteroatoms. The Balaban J connectivity index is 2.11. The molecule has 0 spiro atoms. The maximum atomic E-state index is 13.1. The molecule has 1 aliphatic carbocycles. The number of hydrogen-bond donors (Lipinski definition) is 3. The van der Waals surface area contributed by atoms with Gasteiger partial charge in [-0.15, -0.1) is 0 Å². The first-order chi connectivity index (χ1) is 13.8. The van der Waals surface area contributed by atoms with Crippen LogP contribution in [0, 0.1) is 11.8 Å². The second-order valence-electron chi connectivity index (χ2n) is 8.58. The van der Waals surface area contributed by atoms with Gasteiger partial charge in [-0.3, -0.25) is 9.79 Å². The third kappa shape index (κ3) is 5.15. The topological polar surface area (TPSA) is 146 Å². The quantitative estimate of drug-likeness (QED) is 0.234. The largest absolute Gasteiger partial charge is 0.492 e. The van der Waals surface area contributed by atoms with Crippen molar-refractivity contribution in [3.05, 3.63) is 21.8 Å². The summed E-state index contributed by atoms with van der Waals surface area (Å²) in [5.41, 5.74) is 12.7. The Morgan fingerprint density at radius 2 is 2.00 bits per heavy atom. The van der Waals surface area contributed by atoms with Crippen LogP contribution in [0.25, 0.3) is 0 Å². The smallest absolute Gasteiger partial charge is 0.322 e. The predicted molar refractivity (Wildman–Crippen MR) is 116 cm³/mol. The van der Waals surface area contributed by atoms with Crippen LogP contribution in [0.15, 0.2) is 26.8 Å². The van der Waals surface area contributed by atoms with Gasteiger partial charge in [0.2, 0.25) is 5.96 Å². The molecule has 1 heterocycles. The van der Waals surface area contributed by atoms with Crippen LogP contribution in [0.2, 0.25) is 0 Å². The Hall–Kier alpha value is -2.07. The van der Waals surface area contributed by atoms with Gasteiger partial charge in [0, 0.05) is 18.4 Å². The molecular formula is C20H34N4O5S. The minimum Gasteiger partial charge on any atom is -0.492 e. The second-order valence-corrected chi connectivity index (χ2v) is 10.2. The number of rotatable bonds is 7. The van der Waals surface area contributed by atoms with E-state index in [9.17, 15) is 13.2 Å². The zero-order valence-corrected chi connectivity index (χ0v) is 19.4. The van der Waals surface area contributed by atoms with Crippen LogP contribution in [0.3, 0.4) is 0 Å². The molecule has 0 radical (unpaired) electrons. The van der Waals surface area contributed by atoms with Crippen LogP contribution >= 0.6 is 0 Å². The summed E-state index contributed by atoms with van der Waals surface area (Å²) in [5, 5.41) is 0. The average Bonchev–Trinajstić information content (AvgIpc) is 2.98. The van der Waals surface area contributed by atoms with Gasteiger partial charge in [-0.1, -0.05) is 6.92 Å². The molecule has 5 N–H and O–H groups in total. The highest BCUT2D eigenvalue weighted by Crippen LogP contribution is 2.50. The van der Waals surface area contributed by atoms with E-state index < -0.39 is 22.0 Å². The summed E-state index contributed by atoms with van der Waals surface area (Å²) in [6.45, 7) is 9.84. The number of nitrogens with one attached hydrogen (secondary N) is 1. The summed E-state index contributed by atoms with van der Waals surface area (Å²) in [7, 11) is -2.60. The number of aliphatic imine (C=N–C) groups is 1. The highest BCUT2D eigenvalue weighted by Gasteiger charge is 2.47. The summed E-state index contributed by atoms with van der Waals surface area (Å²) >= 11 is 0. The summed E-state index contributed by atoms with van der Waals surface area (Å²) in [6, 6.07) is -0.735. The third-order valence-electron chi connectivity index (χ3n) is 5.74. The maximum absolute atomic E-state index is 13.1. The molecule has 2 rings (SSSR count). The van der Waals surface area contributed by atoms with Gasteiger partial charge in [-0.05, 0) is 58.1 Å². The molecule has 0 saturated carbocycles. The zero-order chi connectivity index (χ0) is 22.9. The lowest BCUT2D eigenvalue weighted by atomic mass is 9.79. The standard InChI is InChI=1S/C20H34N4O5S/c1-11-12(2)17(13(3)14-10-20(4,5)29-16(11)14)30(26,27)24-19(22)23-9-7-8-15(21)18(25)28-6/h13-15H,7-10,21H2,1-6H3,(H3,22,23,24)/t13?,14?,15-/m0/s1. The maximum Gasteiger partial charge on any atom is 0.322 e. The molecule has 0 aromatic heterocycles. The molecule has 1 fully saturated rings. The summed E-state index contributed by atoms with van der Waals surface area (Å²) in [6.07, 6.45) is 1.58. The highest BCUT2D eigenvalue weighted by molar-refractivity contribution is 7.94. The predicted octanol–water partition coefficient (Wildman–Crippen LogP) is 1.51. The molecule has 2 aliphatic rings. The van der Waals surface area contributed by atoms with E-state index in [1.165, 1.54) is 7.11 Å². The van der Waals surface area contributed by atoms with Crippen molar-refractivity contribution in [2.45, 2.75) is 65.5 Å². The van der Waals surface area contributed by atoms with Crippen molar-refractivity contribution in [3.63, 3.8) is 0 Å². The van der Waals surface area contributed by atoms with Crippen molar-refractivity contribution < 1.29 is 22.7 Å². The number of hydrogen-bond acceptors (Lipinski definition) is 7. The van der Waals surface area contributed by atoms with Gasteiger partial charge >= 0.3 is 5.97 Å². The van der Waals surface area contributed by atoms with Gasteiger partial charge in [-0.2, -0.15) is 0 Å². The van der Waals surface area contributed by atoms with E-state index in [-0.39, 0.29) is 29.9 Å². The minimum atomic E-state index is -3.88. The lowest BCUT2D eigenvalue weighted by molar-refractivity contribution is -0.142. The van der Waals surface area contributed by atoms with E-state index in [4.69, 9.17) is 16.2 Å². The van der Waals surface area contributed by atoms with E-state index in [1.807, 2.05) is 27.7 Å². The molecule has 0 aromatic rings. The second kappa shape index (κ2) is 8.97. The van der Waals surface area contributed by atoms with E-state index in [2.05, 4.69) is 14.5 Å². The van der Waals surface area contributed by atoms with E-state index >= 15 is 0 Å². The number of carbonyl (C=O) groups excluding carboxylic acids is 1. The first-order valence-corrected chi connectivity index (χ1v) is 11.6. The summed E-state index contributed by atoms with van der Waals surface area (Å²) in [5.74, 6) is -0.0394. The number of allylic oxidation sites excluding steroid dienone is 4. The van der Waals surface area contributed by atoms with Crippen LogP contribution in [0.5, 0.6) is 0 Å². The normalized spacial score (nSPS) is 25.0. The SMILES string of the molecule is COC(=O)[C@@H](N)CCCN=C(N)NS(=O)(=O)C1=C(C)C(C)=C2OC(C)(C)CC2C1C. The fraction of sp³-hybridized carbons (Fsp3) is 0.700. The number of methoxy groups -OCH3 is 1. The number of fused-ring (bicyclic) bond motifs is 1. The van der Waals surface area contributed by atoms with E-state index in [0.717, 1.165) is 17.8 Å². The average molecular weight is 443 g/mol. The Bertz CT molecular complexity index is 889. The fourth-order valence-corrected chi connectivity index (χ4v) is 5.80. The molecular weight excluding hydrogens is 408 g/mol. The van der Waals surface area contributed by atoms with Gasteiger partial charge in [0.25, 0.3) is 10.0 Å². The lowest BCUT2D eigenvalue weighted by Gasteiger charge is -2.30. The van der Waals surface area contributed by atoms with E-state index in [1.54, 1.807) is 6.92 Å². The molecule has 9 nitrogen and oxygen atoms in total. The number of nitrogens with zero attached hydrogens (tertiary/aromatic N) is 1. The molecule has 2 unspecified atom stereocenters. The Labute approximate surface area is 179 Å². The zero-order valence-electron chi connectivity index (χ0n) is 18.6. The molecule has 170 valence electrons. The van der Waals surface area contributed by atoms with Crippen molar-refractivity contribution in [3.8, 4) is 0 Å². The van der Waals surface area contributed by atoms with Crippen molar-refractivity contribution >= 4 is 22.0 Å². The minimum absolute atomic E-state index is 0.00764. The highest BCUT2D eigenvalue weighted by atomic mass is 32.2. The molecule has 0 bridgehead atoms. The van der Waals surface area contributed by atoms with Crippen LogP contribution in [-0.4, -0.2) is 45.6 Å². The Kier molecular flexibility index (Phi) is 7.24. The van der Waals surface area contributed by atoms with Gasteiger partial charge < -0.3 is 20.9 Å². The first-order valence-electron chi connectivity index (χ1n) is 10.1. The number of ether oxygens (including phenoxy) is 2. The number of esters is 1. The third-order valence-corrected chi connectivity index (χ3v) is 7.48. The van der Waals surface area contributed by atoms with Crippen LogP contribution in [0.1, 0.15) is 53.9 Å². The number of guanidine groups is 1. The molecule has 30 heavy (non-hydrogen) atoms. The molecule has 1 saturated heterocycles. The number of sulfonamides is 1. The first kappa shape index (κ1) is 24.2. The van der Waals surface area contributed by atoms with Crippen molar-refractivity contribution in [2.75, 3.05) is 13.7 Å². The summed E-state index contributed by atoms with van der Waals surface area (Å²) < 4.78 is 39.3. The fourth-order valence-electron chi connectivity index (χ4n) is 4.14. The van der Waals surface area contributed by atoms with Crippen molar-refractivity contribution in [2.24, 2.45) is 28.3 Å². The van der Waals surface area contributed by atoms with Crippen LogP contribution < -0.4 is 16.2 Å². The van der Waals surface area contributed by atoms with Crippen LogP contribution in [0.4, 0.5) is 0 Å². The number of carbonyl (C=O) groups is 1. The van der Waals surface area contributed by atoms with Crippen molar-refractivity contribution in [1.82, 2.24) is 4.72 Å². The van der Waals surface area contributed by atoms with E-state index in [0.29, 0.717) is 23.3 Å². The molecule has 3 atom stereocenters.